The first-order chi connectivity index (χ1) is 12.1. The molecule has 1 N–H and O–H groups in total. The lowest BCUT2D eigenvalue weighted by molar-refractivity contribution is -0.136. The number of hydrogen-bond acceptors (Lipinski definition) is 3. The second-order valence-electron chi connectivity index (χ2n) is 7.48. The van der Waals surface area contributed by atoms with Crippen LogP contribution in [0, 0.1) is 0 Å². The number of carbonyl (C=O) groups excluding carboxylic acids is 1. The van der Waals surface area contributed by atoms with Crippen molar-refractivity contribution in [1.29, 1.82) is 0 Å². The van der Waals surface area contributed by atoms with E-state index in [-0.39, 0.29) is 5.91 Å². The minimum atomic E-state index is -0.739. The number of imidazole rings is 1. The van der Waals surface area contributed by atoms with Crippen LogP contribution in [0.25, 0.3) is 0 Å². The van der Waals surface area contributed by atoms with Gasteiger partial charge in [-0.1, -0.05) is 24.3 Å². The van der Waals surface area contributed by atoms with Crippen molar-refractivity contribution in [2.75, 3.05) is 13.1 Å². The lowest BCUT2D eigenvalue weighted by Gasteiger charge is -2.38. The van der Waals surface area contributed by atoms with Crippen molar-refractivity contribution in [3.63, 3.8) is 0 Å². The van der Waals surface area contributed by atoms with Gasteiger partial charge in [-0.15, -0.1) is 0 Å². The molecule has 1 aliphatic heterocycles. The Morgan fingerprint density at radius 2 is 2.08 bits per heavy atom. The lowest BCUT2D eigenvalue weighted by Crippen LogP contribution is -2.48. The molecule has 0 unspecified atom stereocenters. The molecule has 25 heavy (non-hydrogen) atoms. The Balaban J connectivity index is 1.33. The fourth-order valence-electron chi connectivity index (χ4n) is 4.25. The fourth-order valence-corrected chi connectivity index (χ4v) is 4.25. The molecule has 4 rings (SSSR count). The van der Waals surface area contributed by atoms with Crippen LogP contribution in [0.2, 0.25) is 0 Å². The van der Waals surface area contributed by atoms with Crippen molar-refractivity contribution < 1.29 is 9.90 Å². The van der Waals surface area contributed by atoms with Crippen LogP contribution in [0.5, 0.6) is 0 Å². The number of benzene rings is 1. The van der Waals surface area contributed by atoms with Gasteiger partial charge in [-0.25, -0.2) is 4.98 Å². The van der Waals surface area contributed by atoms with Gasteiger partial charge in [-0.3, -0.25) is 4.79 Å². The lowest BCUT2D eigenvalue weighted by atomic mass is 9.90. The summed E-state index contributed by atoms with van der Waals surface area (Å²) in [5.41, 5.74) is 2.01. The zero-order valence-corrected chi connectivity index (χ0v) is 14.5. The van der Waals surface area contributed by atoms with Crippen molar-refractivity contribution in [2.24, 2.45) is 0 Å². The van der Waals surface area contributed by atoms with E-state index in [1.807, 2.05) is 15.7 Å². The van der Waals surface area contributed by atoms with E-state index in [1.165, 1.54) is 11.1 Å². The quantitative estimate of drug-likeness (QED) is 0.930. The summed E-state index contributed by atoms with van der Waals surface area (Å²) >= 11 is 0. The Hall–Kier alpha value is -2.14. The third-order valence-corrected chi connectivity index (χ3v) is 5.76. The Morgan fingerprint density at radius 1 is 1.28 bits per heavy atom. The van der Waals surface area contributed by atoms with Gasteiger partial charge in [0.1, 0.15) is 0 Å². The maximum atomic E-state index is 12.7. The molecule has 0 spiro atoms. The van der Waals surface area contributed by atoms with Crippen LogP contribution in [-0.4, -0.2) is 44.2 Å². The zero-order chi connectivity index (χ0) is 17.3. The summed E-state index contributed by atoms with van der Waals surface area (Å²) in [5.74, 6) is 0.585. The number of amides is 1. The summed E-state index contributed by atoms with van der Waals surface area (Å²) < 4.78 is 1.91. The highest BCUT2D eigenvalue weighted by molar-refractivity contribution is 5.77. The first-order valence-electron chi connectivity index (χ1n) is 9.17. The second kappa shape index (κ2) is 6.64. The van der Waals surface area contributed by atoms with Crippen molar-refractivity contribution in [1.82, 2.24) is 14.5 Å². The second-order valence-corrected chi connectivity index (χ2v) is 7.48. The minimum absolute atomic E-state index is 0.228. The van der Waals surface area contributed by atoms with Gasteiger partial charge in [-0.05, 0) is 42.7 Å². The monoisotopic (exact) mass is 339 g/mol. The Morgan fingerprint density at radius 3 is 2.84 bits per heavy atom. The summed E-state index contributed by atoms with van der Waals surface area (Å²) in [7, 11) is 0. The number of piperidine rings is 1. The number of aromatic nitrogens is 2. The van der Waals surface area contributed by atoms with Gasteiger partial charge in [0.05, 0.1) is 18.5 Å². The topological polar surface area (TPSA) is 58.4 Å². The minimum Gasteiger partial charge on any atom is -0.388 e. The molecular formula is C20H25N3O2. The van der Waals surface area contributed by atoms with Crippen LogP contribution in [-0.2, 0) is 17.8 Å². The Labute approximate surface area is 148 Å². The number of aliphatic hydroxyl groups is 1. The number of fused-ring (bicyclic) bond motifs is 1. The molecule has 1 fully saturated rings. The molecule has 5 heteroatoms. The molecule has 1 amide bonds. The van der Waals surface area contributed by atoms with Crippen LogP contribution >= 0.6 is 0 Å². The van der Waals surface area contributed by atoms with Gasteiger partial charge < -0.3 is 14.6 Å². The summed E-state index contributed by atoms with van der Waals surface area (Å²) in [6.45, 7) is 1.82. The van der Waals surface area contributed by atoms with E-state index in [9.17, 15) is 9.90 Å². The normalized spacial score (nSPS) is 22.0. The SMILES string of the molecule is O=C(C[C@H]1CCc2ccccc21)N1CCC(O)(Cn2ccnc2)CC1. The molecular weight excluding hydrogens is 314 g/mol. The van der Waals surface area contributed by atoms with Crippen molar-refractivity contribution in [3.05, 3.63) is 54.1 Å². The van der Waals surface area contributed by atoms with E-state index in [4.69, 9.17) is 0 Å². The number of rotatable bonds is 4. The number of likely N-dealkylation sites (tertiary alicyclic amines) is 1. The van der Waals surface area contributed by atoms with Gasteiger partial charge in [0.2, 0.25) is 5.91 Å². The predicted octanol–water partition coefficient (Wildman–Crippen LogP) is 2.36. The maximum absolute atomic E-state index is 12.7. The fraction of sp³-hybridized carbons (Fsp3) is 0.500. The molecule has 1 saturated heterocycles. The van der Waals surface area contributed by atoms with E-state index >= 15 is 0 Å². The van der Waals surface area contributed by atoms with E-state index < -0.39 is 5.60 Å². The summed E-state index contributed by atoms with van der Waals surface area (Å²) in [6, 6.07) is 8.49. The molecule has 1 aliphatic carbocycles. The molecule has 0 radical (unpaired) electrons. The standard InChI is InChI=1S/C20H25N3O2/c24-19(13-17-6-5-16-3-1-2-4-18(16)17)23-10-7-20(25,8-11-23)14-22-12-9-21-15-22/h1-4,9,12,15,17,25H,5-8,10-11,13-14H2/t17-/m1/s1. The number of hydrogen-bond donors (Lipinski definition) is 1. The molecule has 2 heterocycles. The smallest absolute Gasteiger partial charge is 0.223 e. The Bertz CT molecular complexity index is 733. The van der Waals surface area contributed by atoms with Crippen LogP contribution < -0.4 is 0 Å². The molecule has 1 aromatic heterocycles. The van der Waals surface area contributed by atoms with E-state index in [0.717, 1.165) is 12.8 Å². The van der Waals surface area contributed by atoms with Crippen molar-refractivity contribution in [3.8, 4) is 0 Å². The molecule has 1 atom stereocenters. The summed E-state index contributed by atoms with van der Waals surface area (Å²) in [6.07, 6.45) is 9.32. The first kappa shape index (κ1) is 16.3. The molecule has 132 valence electrons. The van der Waals surface area contributed by atoms with Gasteiger partial charge in [0.15, 0.2) is 0 Å². The summed E-state index contributed by atoms with van der Waals surface area (Å²) in [4.78, 5) is 18.7. The third-order valence-electron chi connectivity index (χ3n) is 5.76. The molecule has 2 aliphatic rings. The van der Waals surface area contributed by atoms with E-state index in [2.05, 4.69) is 29.2 Å². The summed E-state index contributed by atoms with van der Waals surface area (Å²) in [5, 5.41) is 10.8. The first-order valence-corrected chi connectivity index (χ1v) is 9.17. The average molecular weight is 339 g/mol. The Kier molecular flexibility index (Phi) is 4.34. The molecule has 2 aromatic rings. The van der Waals surface area contributed by atoms with Crippen molar-refractivity contribution >= 4 is 5.91 Å². The predicted molar refractivity (Wildman–Crippen MR) is 95.1 cm³/mol. The van der Waals surface area contributed by atoms with Gasteiger partial charge in [0.25, 0.3) is 0 Å². The van der Waals surface area contributed by atoms with Gasteiger partial charge in [0, 0.05) is 31.9 Å². The molecule has 1 aromatic carbocycles. The number of nitrogens with zero attached hydrogens (tertiary/aromatic N) is 3. The van der Waals surface area contributed by atoms with Crippen LogP contribution in [0.1, 0.15) is 42.7 Å². The van der Waals surface area contributed by atoms with Crippen LogP contribution in [0.4, 0.5) is 0 Å². The van der Waals surface area contributed by atoms with Crippen LogP contribution in [0.3, 0.4) is 0 Å². The van der Waals surface area contributed by atoms with Gasteiger partial charge in [-0.2, -0.15) is 0 Å². The highest BCUT2D eigenvalue weighted by Crippen LogP contribution is 2.36. The third kappa shape index (κ3) is 3.47. The highest BCUT2D eigenvalue weighted by atomic mass is 16.3. The number of aryl methyl sites for hydroxylation is 1. The highest BCUT2D eigenvalue weighted by Gasteiger charge is 2.35. The molecule has 0 saturated carbocycles. The largest absolute Gasteiger partial charge is 0.388 e. The van der Waals surface area contributed by atoms with E-state index in [0.29, 0.717) is 44.8 Å². The molecule has 5 nitrogen and oxygen atoms in total. The van der Waals surface area contributed by atoms with Crippen LogP contribution in [0.15, 0.2) is 43.0 Å². The number of carbonyl (C=O) groups is 1. The molecule has 0 bridgehead atoms. The van der Waals surface area contributed by atoms with E-state index in [1.54, 1.807) is 12.5 Å². The van der Waals surface area contributed by atoms with Crippen molar-refractivity contribution in [2.45, 2.75) is 50.2 Å². The maximum Gasteiger partial charge on any atom is 0.223 e. The average Bonchev–Trinajstić information content (AvgIpc) is 3.25. The zero-order valence-electron chi connectivity index (χ0n) is 14.5. The van der Waals surface area contributed by atoms with Gasteiger partial charge >= 0.3 is 0 Å².